The van der Waals surface area contributed by atoms with Gasteiger partial charge in [-0.2, -0.15) is 0 Å². The summed E-state index contributed by atoms with van der Waals surface area (Å²) < 4.78 is 13.2. The van der Waals surface area contributed by atoms with E-state index < -0.39 is 0 Å². The SMILES string of the molecule is Cc1cc(F)ccc1CN1CC[C@@H](N(C)Cc2ncccn2)C1. The van der Waals surface area contributed by atoms with Crippen molar-refractivity contribution in [2.45, 2.75) is 32.5 Å². The molecule has 4 nitrogen and oxygen atoms in total. The van der Waals surface area contributed by atoms with Gasteiger partial charge in [0.15, 0.2) is 0 Å². The van der Waals surface area contributed by atoms with E-state index in [-0.39, 0.29) is 5.82 Å². The fraction of sp³-hybridized carbons (Fsp3) is 0.444. The predicted octanol–water partition coefficient (Wildman–Crippen LogP) is 2.63. The van der Waals surface area contributed by atoms with Crippen LogP contribution < -0.4 is 0 Å². The molecule has 1 aromatic carbocycles. The van der Waals surface area contributed by atoms with Gasteiger partial charge in [0.25, 0.3) is 0 Å². The van der Waals surface area contributed by atoms with Crippen molar-refractivity contribution in [1.29, 1.82) is 0 Å². The zero-order valence-corrected chi connectivity index (χ0v) is 13.7. The highest BCUT2D eigenvalue weighted by Gasteiger charge is 2.26. The highest BCUT2D eigenvalue weighted by molar-refractivity contribution is 5.26. The molecular weight excluding hydrogens is 291 g/mol. The Balaban J connectivity index is 1.55. The first-order chi connectivity index (χ1) is 11.1. The van der Waals surface area contributed by atoms with Gasteiger partial charge < -0.3 is 0 Å². The van der Waals surface area contributed by atoms with Crippen LogP contribution in [-0.4, -0.2) is 45.9 Å². The topological polar surface area (TPSA) is 32.3 Å². The Morgan fingerprint density at radius 3 is 2.83 bits per heavy atom. The Kier molecular flexibility index (Phi) is 4.98. The third-order valence-electron chi connectivity index (χ3n) is 4.58. The third kappa shape index (κ3) is 4.12. The fourth-order valence-electron chi connectivity index (χ4n) is 3.16. The molecule has 0 unspecified atom stereocenters. The van der Waals surface area contributed by atoms with Crippen molar-refractivity contribution in [2.24, 2.45) is 0 Å². The van der Waals surface area contributed by atoms with Crippen LogP contribution in [0.15, 0.2) is 36.7 Å². The summed E-state index contributed by atoms with van der Waals surface area (Å²) in [7, 11) is 2.13. The van der Waals surface area contributed by atoms with Gasteiger partial charge in [-0.3, -0.25) is 9.80 Å². The molecule has 3 rings (SSSR count). The number of likely N-dealkylation sites (tertiary alicyclic amines) is 1. The normalized spacial score (nSPS) is 18.7. The number of halogens is 1. The molecule has 0 saturated carbocycles. The molecular formula is C18H23FN4. The van der Waals surface area contributed by atoms with Crippen molar-refractivity contribution in [3.8, 4) is 0 Å². The monoisotopic (exact) mass is 314 g/mol. The van der Waals surface area contributed by atoms with Gasteiger partial charge in [0, 0.05) is 38.1 Å². The van der Waals surface area contributed by atoms with Crippen LogP contribution in [0.1, 0.15) is 23.4 Å². The molecule has 0 amide bonds. The molecule has 0 spiro atoms. The fourth-order valence-corrected chi connectivity index (χ4v) is 3.16. The summed E-state index contributed by atoms with van der Waals surface area (Å²) in [6.07, 6.45) is 4.71. The number of nitrogens with zero attached hydrogens (tertiary/aromatic N) is 4. The van der Waals surface area contributed by atoms with Crippen molar-refractivity contribution in [3.05, 3.63) is 59.4 Å². The molecule has 1 aliphatic heterocycles. The summed E-state index contributed by atoms with van der Waals surface area (Å²) >= 11 is 0. The van der Waals surface area contributed by atoms with Gasteiger partial charge in [0.05, 0.1) is 6.54 Å². The smallest absolute Gasteiger partial charge is 0.142 e. The van der Waals surface area contributed by atoms with E-state index in [1.807, 2.05) is 19.1 Å². The molecule has 1 atom stereocenters. The highest BCUT2D eigenvalue weighted by atomic mass is 19.1. The Morgan fingerprint density at radius 2 is 2.09 bits per heavy atom. The summed E-state index contributed by atoms with van der Waals surface area (Å²) in [4.78, 5) is 13.4. The van der Waals surface area contributed by atoms with E-state index in [0.717, 1.165) is 44.0 Å². The molecule has 5 heteroatoms. The van der Waals surface area contributed by atoms with Gasteiger partial charge in [0.2, 0.25) is 0 Å². The van der Waals surface area contributed by atoms with E-state index in [9.17, 15) is 4.39 Å². The molecule has 2 heterocycles. The minimum Gasteiger partial charge on any atom is -0.297 e. The Bertz CT molecular complexity index is 647. The maximum atomic E-state index is 13.2. The van der Waals surface area contributed by atoms with Gasteiger partial charge in [-0.1, -0.05) is 6.07 Å². The Hall–Kier alpha value is -1.85. The molecule has 1 aromatic heterocycles. The second kappa shape index (κ2) is 7.15. The van der Waals surface area contributed by atoms with Crippen molar-refractivity contribution in [2.75, 3.05) is 20.1 Å². The number of aromatic nitrogens is 2. The average molecular weight is 314 g/mol. The first-order valence-electron chi connectivity index (χ1n) is 8.05. The van der Waals surface area contributed by atoms with Crippen LogP contribution in [0.2, 0.25) is 0 Å². The van der Waals surface area contributed by atoms with E-state index in [4.69, 9.17) is 0 Å². The number of hydrogen-bond acceptors (Lipinski definition) is 4. The number of benzene rings is 1. The lowest BCUT2D eigenvalue weighted by Crippen LogP contribution is -2.34. The van der Waals surface area contributed by atoms with Crippen LogP contribution in [0, 0.1) is 12.7 Å². The first kappa shape index (κ1) is 16.0. The van der Waals surface area contributed by atoms with E-state index in [2.05, 4.69) is 26.8 Å². The Labute approximate surface area is 137 Å². The molecule has 1 fully saturated rings. The molecule has 2 aromatic rings. The van der Waals surface area contributed by atoms with Crippen LogP contribution in [0.25, 0.3) is 0 Å². The number of likely N-dealkylation sites (N-methyl/N-ethyl adjacent to an activating group) is 1. The minimum atomic E-state index is -0.159. The van der Waals surface area contributed by atoms with Crippen molar-refractivity contribution < 1.29 is 4.39 Å². The standard InChI is InChI=1S/C18H23FN4/c1-14-10-16(19)5-4-15(14)11-23-9-6-17(12-23)22(2)13-18-20-7-3-8-21-18/h3-5,7-8,10,17H,6,9,11-13H2,1-2H3/t17-/m1/s1. The highest BCUT2D eigenvalue weighted by Crippen LogP contribution is 2.20. The summed E-state index contributed by atoms with van der Waals surface area (Å²) in [6.45, 7) is 5.74. The van der Waals surface area contributed by atoms with E-state index >= 15 is 0 Å². The largest absolute Gasteiger partial charge is 0.297 e. The van der Waals surface area contributed by atoms with Crippen molar-refractivity contribution in [1.82, 2.24) is 19.8 Å². The van der Waals surface area contributed by atoms with E-state index in [1.54, 1.807) is 24.5 Å². The van der Waals surface area contributed by atoms with Gasteiger partial charge in [-0.25, -0.2) is 14.4 Å². The van der Waals surface area contributed by atoms with Crippen LogP contribution in [-0.2, 0) is 13.1 Å². The molecule has 0 aliphatic carbocycles. The number of rotatable bonds is 5. The first-order valence-corrected chi connectivity index (χ1v) is 8.05. The molecule has 122 valence electrons. The third-order valence-corrected chi connectivity index (χ3v) is 4.58. The van der Waals surface area contributed by atoms with Crippen LogP contribution in [0.5, 0.6) is 0 Å². The van der Waals surface area contributed by atoms with Gasteiger partial charge in [0.1, 0.15) is 11.6 Å². The maximum absolute atomic E-state index is 13.2. The zero-order valence-electron chi connectivity index (χ0n) is 13.7. The maximum Gasteiger partial charge on any atom is 0.142 e. The second-order valence-electron chi connectivity index (χ2n) is 6.33. The average Bonchev–Trinajstić information content (AvgIpc) is 3.00. The summed E-state index contributed by atoms with van der Waals surface area (Å²) in [5, 5.41) is 0. The number of hydrogen-bond donors (Lipinski definition) is 0. The van der Waals surface area contributed by atoms with Crippen LogP contribution in [0.4, 0.5) is 4.39 Å². The quantitative estimate of drug-likeness (QED) is 0.849. The molecule has 23 heavy (non-hydrogen) atoms. The van der Waals surface area contributed by atoms with E-state index in [1.165, 1.54) is 5.56 Å². The summed E-state index contributed by atoms with van der Waals surface area (Å²) in [5.74, 6) is 0.705. The number of aryl methyl sites for hydroxylation is 1. The lowest BCUT2D eigenvalue weighted by Gasteiger charge is -2.24. The van der Waals surface area contributed by atoms with E-state index in [0.29, 0.717) is 6.04 Å². The summed E-state index contributed by atoms with van der Waals surface area (Å²) in [5.41, 5.74) is 2.24. The second-order valence-corrected chi connectivity index (χ2v) is 6.33. The lowest BCUT2D eigenvalue weighted by atomic mass is 10.1. The molecule has 1 saturated heterocycles. The van der Waals surface area contributed by atoms with Crippen molar-refractivity contribution >= 4 is 0 Å². The molecule has 0 N–H and O–H groups in total. The van der Waals surface area contributed by atoms with Gasteiger partial charge in [-0.15, -0.1) is 0 Å². The molecule has 0 radical (unpaired) electrons. The van der Waals surface area contributed by atoms with Gasteiger partial charge in [-0.05, 0) is 49.7 Å². The zero-order chi connectivity index (χ0) is 16.2. The minimum absolute atomic E-state index is 0.159. The van der Waals surface area contributed by atoms with Crippen LogP contribution in [0.3, 0.4) is 0 Å². The molecule has 0 bridgehead atoms. The summed E-state index contributed by atoms with van der Waals surface area (Å²) in [6, 6.07) is 7.42. The van der Waals surface area contributed by atoms with Crippen molar-refractivity contribution in [3.63, 3.8) is 0 Å². The van der Waals surface area contributed by atoms with Gasteiger partial charge >= 0.3 is 0 Å². The predicted molar refractivity (Wildman–Crippen MR) is 88.3 cm³/mol. The lowest BCUT2D eigenvalue weighted by molar-refractivity contribution is 0.218. The molecule has 1 aliphatic rings. The Morgan fingerprint density at radius 1 is 1.30 bits per heavy atom. The van der Waals surface area contributed by atoms with Crippen LogP contribution >= 0.6 is 0 Å².